The van der Waals surface area contributed by atoms with E-state index in [4.69, 9.17) is 16.6 Å². The first-order valence-corrected chi connectivity index (χ1v) is 15.3. The van der Waals surface area contributed by atoms with Gasteiger partial charge in [0.15, 0.2) is 0 Å². The van der Waals surface area contributed by atoms with Crippen LogP contribution in [0.1, 0.15) is 32.6 Å². The van der Waals surface area contributed by atoms with Crippen LogP contribution in [0.2, 0.25) is 5.02 Å². The van der Waals surface area contributed by atoms with Crippen LogP contribution in [0.25, 0.3) is 22.2 Å². The number of likely N-dealkylation sites (N-methyl/N-ethyl adjacent to an activating group) is 1. The van der Waals surface area contributed by atoms with E-state index in [1.807, 2.05) is 32.4 Å². The molecule has 6 rings (SSSR count). The zero-order chi connectivity index (χ0) is 28.6. The van der Waals surface area contributed by atoms with Gasteiger partial charge in [-0.15, -0.1) is 0 Å². The Balaban J connectivity index is 1.02. The number of aromatic amines is 1. The van der Waals surface area contributed by atoms with E-state index in [2.05, 4.69) is 55.5 Å². The van der Waals surface area contributed by atoms with E-state index < -0.39 is 0 Å². The highest BCUT2D eigenvalue weighted by atomic mass is 35.5. The first-order chi connectivity index (χ1) is 19.8. The molecule has 3 heterocycles. The Morgan fingerprint density at radius 1 is 1.27 bits per heavy atom. The number of piperidine rings is 1. The average molecular weight is 576 g/mol. The van der Waals surface area contributed by atoms with Crippen LogP contribution in [0.4, 0.5) is 5.95 Å². The number of hydrogen-bond acceptors (Lipinski definition) is 7. The quantitative estimate of drug-likeness (QED) is 0.222. The number of fused-ring (bicyclic) bond motifs is 2. The highest BCUT2D eigenvalue weighted by Gasteiger charge is 2.55. The van der Waals surface area contributed by atoms with Crippen molar-refractivity contribution in [2.75, 3.05) is 52.1 Å². The molecule has 41 heavy (non-hydrogen) atoms. The largest absolute Gasteiger partial charge is 0.360 e. The lowest BCUT2D eigenvalue weighted by molar-refractivity contribution is -0.105. The maximum Gasteiger partial charge on any atom is 0.223 e. The summed E-state index contributed by atoms with van der Waals surface area (Å²) in [7, 11) is 4.06. The lowest BCUT2D eigenvalue weighted by atomic mass is 9.80. The van der Waals surface area contributed by atoms with E-state index in [-0.39, 0.29) is 5.54 Å². The molecule has 3 N–H and O–H groups in total. The van der Waals surface area contributed by atoms with E-state index in [9.17, 15) is 4.79 Å². The van der Waals surface area contributed by atoms with Gasteiger partial charge in [0.1, 0.15) is 6.29 Å². The third-order valence-electron chi connectivity index (χ3n) is 9.39. The molecule has 218 valence electrons. The molecule has 0 amide bonds. The number of H-pyrrole nitrogens is 1. The Labute approximate surface area is 247 Å². The van der Waals surface area contributed by atoms with Gasteiger partial charge in [-0.05, 0) is 77.1 Å². The van der Waals surface area contributed by atoms with Crippen LogP contribution in [-0.2, 0) is 4.79 Å². The Morgan fingerprint density at radius 3 is 2.85 bits per heavy atom. The van der Waals surface area contributed by atoms with Gasteiger partial charge in [0, 0.05) is 66.0 Å². The van der Waals surface area contributed by atoms with E-state index in [0.29, 0.717) is 17.0 Å². The lowest BCUT2D eigenvalue weighted by Gasteiger charge is -2.39. The molecule has 3 aliphatic rings. The zero-order valence-corrected chi connectivity index (χ0v) is 25.1. The lowest BCUT2D eigenvalue weighted by Crippen LogP contribution is -2.50. The van der Waals surface area contributed by atoms with E-state index >= 15 is 0 Å². The molecular weight excluding hydrogens is 534 g/mol. The fourth-order valence-electron chi connectivity index (χ4n) is 7.09. The minimum atomic E-state index is 0.0954. The second kappa shape index (κ2) is 11.8. The molecule has 0 radical (unpaired) electrons. The molecule has 0 unspecified atom stereocenters. The van der Waals surface area contributed by atoms with Crippen molar-refractivity contribution >= 4 is 34.7 Å². The fraction of sp³-hybridized carbons (Fsp3) is 0.531. The van der Waals surface area contributed by atoms with Crippen molar-refractivity contribution < 1.29 is 4.79 Å². The first-order valence-electron chi connectivity index (χ1n) is 14.9. The van der Waals surface area contributed by atoms with Crippen molar-refractivity contribution in [1.82, 2.24) is 30.1 Å². The molecule has 9 heteroatoms. The third-order valence-corrected chi connectivity index (χ3v) is 9.66. The summed E-state index contributed by atoms with van der Waals surface area (Å²) in [5.41, 5.74) is 3.81. The second-order valence-corrected chi connectivity index (χ2v) is 13.3. The maximum absolute atomic E-state index is 11.5. The SMILES string of the molecule is CN(C)C/C=C(\C=O)CN1C[C@@H]2[C@@H](CN[C@@]3(C)CCC[C@@H](Nc4ncc(Cl)c(-c5c[nH]c6ccccc56)n4)C3)[C@@H]2C1. The number of halogens is 1. The van der Waals surface area contributed by atoms with Crippen LogP contribution in [0.5, 0.6) is 0 Å². The van der Waals surface area contributed by atoms with Gasteiger partial charge in [0.2, 0.25) is 5.95 Å². The molecule has 3 fully saturated rings. The molecule has 0 spiro atoms. The standard InChI is InChI=1S/C32H42ClN7O/c1-32(36-15-24-26-18-40(19-27(24)26)17-21(20-41)10-12-39(2)3)11-6-7-22(13-32)37-31-35-16-28(33)30(38-31)25-14-34-29-9-5-4-8-23(25)29/h4-5,8-10,14,16,20,22,24,26-27,34,36H,6-7,11-13,15,17-19H2,1-3H3,(H,35,37,38)/b21-10-/t22-,24-,26-,27+,32+/m1/s1. The van der Waals surface area contributed by atoms with Gasteiger partial charge < -0.3 is 20.5 Å². The Morgan fingerprint density at radius 2 is 2.07 bits per heavy atom. The van der Waals surface area contributed by atoms with E-state index in [1.165, 1.54) is 12.8 Å². The predicted molar refractivity (Wildman–Crippen MR) is 166 cm³/mol. The topological polar surface area (TPSA) is 89.2 Å². The number of benzene rings is 1. The molecular formula is C32H42ClN7O. The average Bonchev–Trinajstić information content (AvgIpc) is 3.25. The molecule has 1 saturated heterocycles. The summed E-state index contributed by atoms with van der Waals surface area (Å²) in [6.07, 6.45) is 11.3. The number of nitrogens with one attached hydrogen (secondary N) is 3. The van der Waals surface area contributed by atoms with Crippen molar-refractivity contribution in [3.05, 3.63) is 53.3 Å². The normalized spacial score (nSPS) is 28.3. The van der Waals surface area contributed by atoms with Gasteiger partial charge in [-0.1, -0.05) is 35.9 Å². The van der Waals surface area contributed by atoms with Crippen LogP contribution >= 0.6 is 11.6 Å². The fourth-order valence-corrected chi connectivity index (χ4v) is 7.28. The van der Waals surface area contributed by atoms with Gasteiger partial charge in [-0.2, -0.15) is 0 Å². The molecule has 2 saturated carbocycles. The predicted octanol–water partition coefficient (Wildman–Crippen LogP) is 4.85. The zero-order valence-electron chi connectivity index (χ0n) is 24.4. The van der Waals surface area contributed by atoms with Gasteiger partial charge in [-0.3, -0.25) is 9.69 Å². The molecule has 1 aliphatic heterocycles. The summed E-state index contributed by atoms with van der Waals surface area (Å²) in [6, 6.07) is 8.50. The highest BCUT2D eigenvalue weighted by Crippen LogP contribution is 2.51. The van der Waals surface area contributed by atoms with Gasteiger partial charge in [0.25, 0.3) is 0 Å². The Hall–Kier alpha value is -2.78. The van der Waals surface area contributed by atoms with Crippen molar-refractivity contribution in [2.45, 2.75) is 44.2 Å². The first kappa shape index (κ1) is 28.3. The van der Waals surface area contributed by atoms with Crippen LogP contribution in [0.3, 0.4) is 0 Å². The molecule has 2 aromatic heterocycles. The van der Waals surface area contributed by atoms with Crippen LogP contribution in [0, 0.1) is 17.8 Å². The monoisotopic (exact) mass is 575 g/mol. The number of aldehydes is 1. The molecule has 0 bridgehead atoms. The van der Waals surface area contributed by atoms with Gasteiger partial charge in [0.05, 0.1) is 16.9 Å². The van der Waals surface area contributed by atoms with Crippen LogP contribution in [-0.4, -0.2) is 89.4 Å². The van der Waals surface area contributed by atoms with Crippen LogP contribution in [0.15, 0.2) is 48.3 Å². The summed E-state index contributed by atoms with van der Waals surface area (Å²) < 4.78 is 0. The number of nitrogens with zero attached hydrogens (tertiary/aromatic N) is 4. The smallest absolute Gasteiger partial charge is 0.223 e. The van der Waals surface area contributed by atoms with Crippen molar-refractivity contribution in [1.29, 1.82) is 0 Å². The van der Waals surface area contributed by atoms with Gasteiger partial charge in [-0.25, -0.2) is 9.97 Å². The number of carbonyl (C=O) groups excluding carboxylic acids is 1. The highest BCUT2D eigenvalue weighted by molar-refractivity contribution is 6.33. The number of likely N-dealkylation sites (tertiary alicyclic amines) is 1. The Bertz CT molecular complexity index is 1410. The number of anilines is 1. The molecule has 2 aliphatic carbocycles. The van der Waals surface area contributed by atoms with Gasteiger partial charge >= 0.3 is 0 Å². The number of rotatable bonds is 11. The van der Waals surface area contributed by atoms with Crippen molar-refractivity contribution in [3.63, 3.8) is 0 Å². The number of para-hydroxylation sites is 1. The van der Waals surface area contributed by atoms with Crippen LogP contribution < -0.4 is 10.6 Å². The van der Waals surface area contributed by atoms with Crippen molar-refractivity contribution in [2.24, 2.45) is 17.8 Å². The second-order valence-electron chi connectivity index (χ2n) is 12.9. The number of aromatic nitrogens is 3. The molecule has 1 aromatic carbocycles. The minimum Gasteiger partial charge on any atom is -0.360 e. The molecule has 3 aromatic rings. The molecule has 8 nitrogen and oxygen atoms in total. The summed E-state index contributed by atoms with van der Waals surface area (Å²) in [6.45, 7) is 7.26. The summed E-state index contributed by atoms with van der Waals surface area (Å²) >= 11 is 6.56. The Kier molecular flexibility index (Phi) is 8.19. The van der Waals surface area contributed by atoms with E-state index in [0.717, 1.165) is 97.3 Å². The number of hydrogen-bond donors (Lipinski definition) is 3. The maximum atomic E-state index is 11.5. The minimum absolute atomic E-state index is 0.0954. The number of carbonyl (C=O) groups is 1. The summed E-state index contributed by atoms with van der Waals surface area (Å²) in [4.78, 5) is 28.8. The van der Waals surface area contributed by atoms with E-state index in [1.54, 1.807) is 6.20 Å². The summed E-state index contributed by atoms with van der Waals surface area (Å²) in [5, 5.41) is 9.25. The summed E-state index contributed by atoms with van der Waals surface area (Å²) in [5.74, 6) is 2.90. The van der Waals surface area contributed by atoms with Crippen molar-refractivity contribution in [3.8, 4) is 11.3 Å². The third kappa shape index (κ3) is 6.36. The molecule has 5 atom stereocenters.